The predicted octanol–water partition coefficient (Wildman–Crippen LogP) is 1.96. The van der Waals surface area contributed by atoms with Crippen LogP contribution in [-0.4, -0.2) is 40.0 Å². The van der Waals surface area contributed by atoms with Crippen molar-refractivity contribution >= 4 is 23.2 Å². The monoisotopic (exact) mass is 280 g/mol. The van der Waals surface area contributed by atoms with E-state index in [1.807, 2.05) is 0 Å². The molecule has 1 amide bonds. The molecule has 0 bridgehead atoms. The van der Waals surface area contributed by atoms with E-state index in [0.717, 1.165) is 11.4 Å². The number of likely N-dealkylation sites (tertiary alicyclic amines) is 1. The van der Waals surface area contributed by atoms with Crippen LogP contribution in [0.2, 0.25) is 0 Å². The van der Waals surface area contributed by atoms with E-state index in [1.165, 1.54) is 12.8 Å². The lowest BCUT2D eigenvalue weighted by atomic mass is 9.98. The van der Waals surface area contributed by atoms with Crippen molar-refractivity contribution in [2.24, 2.45) is 5.92 Å². The molecule has 0 radical (unpaired) electrons. The van der Waals surface area contributed by atoms with Crippen LogP contribution in [0.5, 0.6) is 0 Å². The largest absolute Gasteiger partial charge is 0.481 e. The van der Waals surface area contributed by atoms with Gasteiger partial charge in [-0.3, -0.25) is 9.59 Å². The van der Waals surface area contributed by atoms with Gasteiger partial charge in [0, 0.05) is 24.4 Å². The van der Waals surface area contributed by atoms with Gasteiger partial charge in [0.15, 0.2) is 0 Å². The second kappa shape index (κ2) is 4.92. The molecule has 102 valence electrons. The lowest BCUT2D eigenvalue weighted by Gasteiger charge is -2.30. The normalized spacial score (nSPS) is 23.4. The zero-order valence-electron chi connectivity index (χ0n) is 10.5. The number of carbonyl (C=O) groups excluding carboxylic acids is 1. The zero-order chi connectivity index (χ0) is 13.4. The molecule has 2 fully saturated rings. The van der Waals surface area contributed by atoms with E-state index in [9.17, 15) is 9.59 Å². The smallest absolute Gasteiger partial charge is 0.308 e. The lowest BCUT2D eigenvalue weighted by Crippen LogP contribution is -2.42. The summed E-state index contributed by atoms with van der Waals surface area (Å²) in [5, 5.41) is 11.9. The van der Waals surface area contributed by atoms with Crippen molar-refractivity contribution in [3.8, 4) is 0 Å². The third kappa shape index (κ3) is 2.63. The van der Waals surface area contributed by atoms with Crippen LogP contribution in [-0.2, 0) is 4.79 Å². The third-order valence-corrected chi connectivity index (χ3v) is 4.73. The Labute approximate surface area is 115 Å². The fourth-order valence-corrected chi connectivity index (χ4v) is 3.39. The van der Waals surface area contributed by atoms with Crippen molar-refractivity contribution in [2.75, 3.05) is 13.1 Å². The van der Waals surface area contributed by atoms with E-state index < -0.39 is 11.9 Å². The first kappa shape index (κ1) is 12.6. The second-order valence-corrected chi connectivity index (χ2v) is 6.16. The molecule has 6 heteroatoms. The number of hydrogen-bond acceptors (Lipinski definition) is 4. The van der Waals surface area contributed by atoms with E-state index in [0.29, 0.717) is 31.1 Å². The Balaban J connectivity index is 1.69. The molecule has 1 aromatic heterocycles. The molecule has 2 heterocycles. The van der Waals surface area contributed by atoms with Crippen molar-refractivity contribution in [3.05, 3.63) is 16.1 Å². The average molecular weight is 280 g/mol. The summed E-state index contributed by atoms with van der Waals surface area (Å²) in [6, 6.07) is 0. The van der Waals surface area contributed by atoms with E-state index in [2.05, 4.69) is 4.98 Å². The highest BCUT2D eigenvalue weighted by Gasteiger charge is 2.31. The van der Waals surface area contributed by atoms with Gasteiger partial charge in [-0.15, -0.1) is 11.3 Å². The molecule has 5 nitrogen and oxygen atoms in total. The van der Waals surface area contributed by atoms with Crippen LogP contribution in [0.25, 0.3) is 0 Å². The molecule has 1 N–H and O–H groups in total. The highest BCUT2D eigenvalue weighted by atomic mass is 32.1. The summed E-state index contributed by atoms with van der Waals surface area (Å²) >= 11 is 1.54. The van der Waals surface area contributed by atoms with Crippen LogP contribution in [0.15, 0.2) is 5.38 Å². The van der Waals surface area contributed by atoms with Crippen LogP contribution < -0.4 is 0 Å². The molecule has 0 aromatic carbocycles. The molecule has 0 unspecified atom stereocenters. The van der Waals surface area contributed by atoms with Crippen molar-refractivity contribution in [3.63, 3.8) is 0 Å². The topological polar surface area (TPSA) is 70.5 Å². The molecule has 2 aliphatic rings. The molecule has 1 aromatic rings. The van der Waals surface area contributed by atoms with E-state index in [1.54, 1.807) is 21.6 Å². The van der Waals surface area contributed by atoms with Gasteiger partial charge in [-0.1, -0.05) is 0 Å². The molecular formula is C13H16N2O3S. The fraction of sp³-hybridized carbons (Fsp3) is 0.615. The summed E-state index contributed by atoms with van der Waals surface area (Å²) in [6.07, 6.45) is 3.75. The van der Waals surface area contributed by atoms with Crippen molar-refractivity contribution < 1.29 is 14.7 Å². The van der Waals surface area contributed by atoms with Crippen molar-refractivity contribution in [1.29, 1.82) is 0 Å². The quantitative estimate of drug-likeness (QED) is 0.918. The van der Waals surface area contributed by atoms with Crippen molar-refractivity contribution in [1.82, 2.24) is 9.88 Å². The highest BCUT2D eigenvalue weighted by molar-refractivity contribution is 7.10. The number of aliphatic carboxylic acids is 1. The molecule has 3 rings (SSSR count). The standard InChI is InChI=1S/C13H16N2O3S/c16-12(10-7-19-11(14-10)8-3-4-8)15-5-1-2-9(6-15)13(17)18/h7-9H,1-6H2,(H,17,18)/t9-/m1/s1. The maximum Gasteiger partial charge on any atom is 0.308 e. The van der Waals surface area contributed by atoms with Gasteiger partial charge < -0.3 is 10.0 Å². The Bertz CT molecular complexity index is 510. The van der Waals surface area contributed by atoms with Crippen molar-refractivity contribution in [2.45, 2.75) is 31.6 Å². The molecule has 1 saturated carbocycles. The Hall–Kier alpha value is -1.43. The highest BCUT2D eigenvalue weighted by Crippen LogP contribution is 2.41. The van der Waals surface area contributed by atoms with Crippen LogP contribution in [0.3, 0.4) is 0 Å². The number of carboxylic acids is 1. The number of thiazole rings is 1. The Kier molecular flexibility index (Phi) is 3.26. The molecule has 1 aliphatic heterocycles. The maximum absolute atomic E-state index is 12.3. The van der Waals surface area contributed by atoms with Crippen LogP contribution >= 0.6 is 11.3 Å². The first-order valence-corrected chi connectivity index (χ1v) is 7.50. The number of hydrogen-bond donors (Lipinski definition) is 1. The van der Waals surface area contributed by atoms with Gasteiger partial charge in [-0.05, 0) is 25.7 Å². The number of nitrogens with zero attached hydrogens (tertiary/aromatic N) is 2. The summed E-state index contributed by atoms with van der Waals surface area (Å²) in [4.78, 5) is 29.3. The van der Waals surface area contributed by atoms with Crippen LogP contribution in [0.4, 0.5) is 0 Å². The number of amides is 1. The number of aromatic nitrogens is 1. The second-order valence-electron chi connectivity index (χ2n) is 5.27. The van der Waals surface area contributed by atoms with Gasteiger partial charge in [0.2, 0.25) is 0 Å². The van der Waals surface area contributed by atoms with Gasteiger partial charge in [-0.2, -0.15) is 0 Å². The zero-order valence-corrected chi connectivity index (χ0v) is 11.4. The van der Waals surface area contributed by atoms with Gasteiger partial charge in [-0.25, -0.2) is 4.98 Å². The molecular weight excluding hydrogens is 264 g/mol. The summed E-state index contributed by atoms with van der Waals surface area (Å²) in [7, 11) is 0. The number of piperidine rings is 1. The number of carboxylic acid groups (broad SMARTS) is 1. The number of rotatable bonds is 3. The fourth-order valence-electron chi connectivity index (χ4n) is 2.43. The Morgan fingerprint density at radius 1 is 1.37 bits per heavy atom. The first-order valence-electron chi connectivity index (χ1n) is 6.62. The van der Waals surface area contributed by atoms with Gasteiger partial charge in [0.05, 0.1) is 10.9 Å². The van der Waals surface area contributed by atoms with Crippen LogP contribution in [0, 0.1) is 5.92 Å². The average Bonchev–Trinajstić information content (AvgIpc) is 3.16. The number of carbonyl (C=O) groups is 2. The lowest BCUT2D eigenvalue weighted by molar-refractivity contribution is -0.143. The van der Waals surface area contributed by atoms with Crippen LogP contribution in [0.1, 0.15) is 47.1 Å². The molecule has 1 saturated heterocycles. The maximum atomic E-state index is 12.3. The molecule has 19 heavy (non-hydrogen) atoms. The van der Waals surface area contributed by atoms with E-state index >= 15 is 0 Å². The third-order valence-electron chi connectivity index (χ3n) is 3.73. The summed E-state index contributed by atoms with van der Waals surface area (Å²) in [5.74, 6) is -0.803. The van der Waals surface area contributed by atoms with E-state index in [4.69, 9.17) is 5.11 Å². The Morgan fingerprint density at radius 2 is 2.16 bits per heavy atom. The first-order chi connectivity index (χ1) is 9.15. The summed E-state index contributed by atoms with van der Waals surface area (Å²) in [5.41, 5.74) is 0.484. The Morgan fingerprint density at radius 3 is 2.84 bits per heavy atom. The molecule has 1 aliphatic carbocycles. The van der Waals surface area contributed by atoms with E-state index in [-0.39, 0.29) is 5.91 Å². The minimum absolute atomic E-state index is 0.117. The predicted molar refractivity (Wildman–Crippen MR) is 70.4 cm³/mol. The van der Waals surface area contributed by atoms with Gasteiger partial charge in [0.1, 0.15) is 5.69 Å². The molecule has 1 atom stereocenters. The summed E-state index contributed by atoms with van der Waals surface area (Å²) < 4.78 is 0. The van der Waals surface area contributed by atoms with Gasteiger partial charge >= 0.3 is 5.97 Å². The van der Waals surface area contributed by atoms with Gasteiger partial charge in [0.25, 0.3) is 5.91 Å². The summed E-state index contributed by atoms with van der Waals surface area (Å²) in [6.45, 7) is 0.948. The minimum atomic E-state index is -0.811. The minimum Gasteiger partial charge on any atom is -0.481 e. The molecule has 0 spiro atoms. The SMILES string of the molecule is O=C(O)[C@@H]1CCCN(C(=O)c2csc(C3CC3)n2)C1.